The Balaban J connectivity index is 1.68. The molecule has 3 rings (SSSR count). The third-order valence-corrected chi connectivity index (χ3v) is 4.03. The molecule has 0 saturated carbocycles. The number of hydrogen-bond acceptors (Lipinski definition) is 8. The quantitative estimate of drug-likeness (QED) is 0.384. The van der Waals surface area contributed by atoms with Gasteiger partial charge in [-0.25, -0.2) is 9.67 Å². The number of hydrogen-bond donors (Lipinski definition) is 0. The zero-order chi connectivity index (χ0) is 16.2. The van der Waals surface area contributed by atoms with Crippen LogP contribution < -0.4 is 0 Å². The van der Waals surface area contributed by atoms with Gasteiger partial charge in [-0.15, -0.1) is 10.2 Å². The van der Waals surface area contributed by atoms with E-state index < -0.39 is 4.92 Å². The maximum absolute atomic E-state index is 10.8. The minimum atomic E-state index is -0.413. The molecular weight excluding hydrogens is 320 g/mol. The Morgan fingerprint density at radius 1 is 1.43 bits per heavy atom. The van der Waals surface area contributed by atoms with E-state index in [0.29, 0.717) is 17.7 Å². The van der Waals surface area contributed by atoms with Gasteiger partial charge in [0.1, 0.15) is 19.2 Å². The number of nitro groups is 1. The Morgan fingerprint density at radius 3 is 3.04 bits per heavy atom. The highest BCUT2D eigenvalue weighted by Gasteiger charge is 2.16. The van der Waals surface area contributed by atoms with E-state index in [0.717, 1.165) is 5.56 Å². The van der Waals surface area contributed by atoms with Gasteiger partial charge in [0.05, 0.1) is 4.92 Å². The molecule has 9 nitrogen and oxygen atoms in total. The summed E-state index contributed by atoms with van der Waals surface area (Å²) in [5.41, 5.74) is 0.882. The molecule has 10 heteroatoms. The Labute approximate surface area is 134 Å². The summed E-state index contributed by atoms with van der Waals surface area (Å²) in [6.45, 7) is 2.27. The molecule has 118 valence electrons. The third-order valence-electron chi connectivity index (χ3n) is 3.04. The molecule has 0 saturated heterocycles. The van der Waals surface area contributed by atoms with Crippen LogP contribution in [0.1, 0.15) is 23.6 Å². The summed E-state index contributed by atoms with van der Waals surface area (Å²) in [4.78, 5) is 14.3. The van der Waals surface area contributed by atoms with E-state index in [1.807, 2.05) is 13.0 Å². The summed E-state index contributed by atoms with van der Waals surface area (Å²) < 4.78 is 7.12. The molecule has 1 atom stereocenters. The van der Waals surface area contributed by atoms with Crippen LogP contribution >= 0.6 is 11.8 Å². The van der Waals surface area contributed by atoms with Crippen LogP contribution in [0.3, 0.4) is 0 Å². The van der Waals surface area contributed by atoms with Crippen LogP contribution in [0.5, 0.6) is 0 Å². The number of thioether (sulfide) groups is 1. The smallest absolute Gasteiger partial charge is 0.277 e. The number of aromatic nitrogens is 5. The molecular formula is C13H12N6O3S. The Bertz CT molecular complexity index is 804. The largest absolute Gasteiger partial charge is 0.414 e. The monoisotopic (exact) mass is 332 g/mol. The van der Waals surface area contributed by atoms with Gasteiger partial charge in [-0.05, 0) is 12.5 Å². The normalized spacial score (nSPS) is 12.2. The van der Waals surface area contributed by atoms with Gasteiger partial charge in [0.2, 0.25) is 5.89 Å². The zero-order valence-corrected chi connectivity index (χ0v) is 12.9. The predicted octanol–water partition coefficient (Wildman–Crippen LogP) is 2.47. The van der Waals surface area contributed by atoms with E-state index in [4.69, 9.17) is 4.42 Å². The van der Waals surface area contributed by atoms with Crippen molar-refractivity contribution >= 4 is 17.4 Å². The molecule has 3 aromatic rings. The van der Waals surface area contributed by atoms with Crippen LogP contribution in [0, 0.1) is 10.1 Å². The third kappa shape index (κ3) is 3.72. The lowest BCUT2D eigenvalue weighted by molar-refractivity contribution is -0.384. The van der Waals surface area contributed by atoms with Gasteiger partial charge in [0, 0.05) is 17.4 Å². The molecule has 0 fully saturated rings. The Kier molecular flexibility index (Phi) is 4.33. The van der Waals surface area contributed by atoms with Crippen molar-refractivity contribution in [3.05, 3.63) is 58.5 Å². The van der Waals surface area contributed by atoms with E-state index in [1.54, 1.807) is 23.1 Å². The Morgan fingerprint density at radius 2 is 2.30 bits per heavy atom. The van der Waals surface area contributed by atoms with Crippen LogP contribution in [-0.2, 0) is 6.54 Å². The first-order valence-corrected chi connectivity index (χ1v) is 7.55. The van der Waals surface area contributed by atoms with E-state index in [-0.39, 0.29) is 10.9 Å². The van der Waals surface area contributed by atoms with Crippen molar-refractivity contribution in [3.63, 3.8) is 0 Å². The van der Waals surface area contributed by atoms with Gasteiger partial charge >= 0.3 is 0 Å². The van der Waals surface area contributed by atoms with Crippen molar-refractivity contribution in [2.24, 2.45) is 0 Å². The van der Waals surface area contributed by atoms with Gasteiger partial charge < -0.3 is 4.42 Å². The van der Waals surface area contributed by atoms with Gasteiger partial charge in [0.15, 0.2) is 0 Å². The molecule has 0 bridgehead atoms. The summed E-state index contributed by atoms with van der Waals surface area (Å²) in [5, 5.41) is 23.1. The fraction of sp³-hybridized carbons (Fsp3) is 0.231. The van der Waals surface area contributed by atoms with Crippen LogP contribution in [0.25, 0.3) is 0 Å². The number of nitrogens with zero attached hydrogens (tertiary/aromatic N) is 6. The molecule has 0 aliphatic carbocycles. The molecule has 0 aliphatic rings. The summed E-state index contributed by atoms with van der Waals surface area (Å²) >= 11 is 1.34. The average molecular weight is 332 g/mol. The van der Waals surface area contributed by atoms with Crippen LogP contribution in [0.4, 0.5) is 5.69 Å². The highest BCUT2D eigenvalue weighted by atomic mass is 32.2. The minimum absolute atomic E-state index is 0.0606. The maximum Gasteiger partial charge on any atom is 0.277 e. The Hall–Kier alpha value is -2.75. The maximum atomic E-state index is 10.8. The number of non-ortho nitro benzene ring substituents is 1. The molecule has 23 heavy (non-hydrogen) atoms. The average Bonchev–Trinajstić information content (AvgIpc) is 3.20. The molecule has 0 spiro atoms. The summed E-state index contributed by atoms with van der Waals surface area (Å²) in [5.74, 6) is 0.421. The van der Waals surface area contributed by atoms with Crippen molar-refractivity contribution in [2.45, 2.75) is 23.9 Å². The van der Waals surface area contributed by atoms with Crippen LogP contribution in [0.15, 0.2) is 46.6 Å². The lowest BCUT2D eigenvalue weighted by Crippen LogP contribution is -1.99. The van der Waals surface area contributed by atoms with E-state index >= 15 is 0 Å². The first kappa shape index (κ1) is 15.2. The first-order chi connectivity index (χ1) is 11.1. The second kappa shape index (κ2) is 6.57. The summed E-state index contributed by atoms with van der Waals surface area (Å²) in [7, 11) is 0. The molecule has 1 aromatic carbocycles. The molecule has 0 amide bonds. The number of rotatable bonds is 6. The summed E-state index contributed by atoms with van der Waals surface area (Å²) in [6, 6.07) is 6.50. The van der Waals surface area contributed by atoms with E-state index in [1.165, 1.54) is 24.2 Å². The fourth-order valence-corrected chi connectivity index (χ4v) is 2.73. The number of benzene rings is 1. The van der Waals surface area contributed by atoms with Crippen LogP contribution in [0.2, 0.25) is 0 Å². The standard InChI is InChI=1S/C13H12N6O3S/c1-9(10-3-2-4-11(5-10)19(20)21)23-13-17-16-12(22-13)6-18-8-14-7-15-18/h2-5,7-9H,6H2,1H3. The van der Waals surface area contributed by atoms with Crippen LogP contribution in [-0.4, -0.2) is 29.9 Å². The first-order valence-electron chi connectivity index (χ1n) is 6.67. The zero-order valence-electron chi connectivity index (χ0n) is 12.1. The minimum Gasteiger partial charge on any atom is -0.414 e. The second-order valence-corrected chi connectivity index (χ2v) is 5.96. The van der Waals surface area contributed by atoms with Gasteiger partial charge in [0.25, 0.3) is 10.9 Å². The van der Waals surface area contributed by atoms with Crippen molar-refractivity contribution in [3.8, 4) is 0 Å². The number of nitro benzene ring substituents is 1. The lowest BCUT2D eigenvalue weighted by Gasteiger charge is -2.08. The second-order valence-electron chi connectivity index (χ2n) is 4.67. The SMILES string of the molecule is CC(Sc1nnc(Cn2cncn2)o1)c1cccc([N+](=O)[O-])c1. The fourth-order valence-electron chi connectivity index (χ4n) is 1.91. The van der Waals surface area contributed by atoms with Gasteiger partial charge in [-0.2, -0.15) is 5.10 Å². The molecule has 0 radical (unpaired) electrons. The van der Waals surface area contributed by atoms with E-state index in [2.05, 4.69) is 20.3 Å². The van der Waals surface area contributed by atoms with E-state index in [9.17, 15) is 10.1 Å². The molecule has 2 aromatic heterocycles. The summed E-state index contributed by atoms with van der Waals surface area (Å²) in [6.07, 6.45) is 2.99. The molecule has 0 N–H and O–H groups in total. The van der Waals surface area contributed by atoms with Gasteiger partial charge in [-0.3, -0.25) is 10.1 Å². The molecule has 1 unspecified atom stereocenters. The van der Waals surface area contributed by atoms with Crippen molar-refractivity contribution in [1.29, 1.82) is 0 Å². The van der Waals surface area contributed by atoms with Gasteiger partial charge in [-0.1, -0.05) is 23.9 Å². The van der Waals surface area contributed by atoms with Crippen molar-refractivity contribution in [1.82, 2.24) is 25.0 Å². The highest BCUT2D eigenvalue weighted by molar-refractivity contribution is 7.99. The molecule has 0 aliphatic heterocycles. The van der Waals surface area contributed by atoms with Crippen molar-refractivity contribution < 1.29 is 9.34 Å². The lowest BCUT2D eigenvalue weighted by atomic mass is 10.1. The highest BCUT2D eigenvalue weighted by Crippen LogP contribution is 2.35. The molecule has 2 heterocycles. The predicted molar refractivity (Wildman–Crippen MR) is 80.8 cm³/mol. The topological polar surface area (TPSA) is 113 Å². The van der Waals surface area contributed by atoms with Crippen molar-refractivity contribution in [2.75, 3.05) is 0 Å².